The minimum absolute atomic E-state index is 0.136. The molecular formula is C17H23N3O. The number of amides is 1. The molecule has 1 saturated carbocycles. The van der Waals surface area contributed by atoms with Crippen molar-refractivity contribution < 1.29 is 4.79 Å². The summed E-state index contributed by atoms with van der Waals surface area (Å²) in [6, 6.07) is 3.81. The van der Waals surface area contributed by atoms with E-state index in [1.54, 1.807) is 18.3 Å². The van der Waals surface area contributed by atoms with Gasteiger partial charge in [-0.2, -0.15) is 0 Å². The van der Waals surface area contributed by atoms with Crippen molar-refractivity contribution in [2.75, 3.05) is 6.54 Å². The molecule has 4 nitrogen and oxygen atoms in total. The van der Waals surface area contributed by atoms with Crippen LogP contribution >= 0.6 is 0 Å². The zero-order valence-corrected chi connectivity index (χ0v) is 12.7. The van der Waals surface area contributed by atoms with E-state index >= 15 is 0 Å². The summed E-state index contributed by atoms with van der Waals surface area (Å²) in [7, 11) is 0. The second kappa shape index (κ2) is 7.24. The fourth-order valence-corrected chi connectivity index (χ4v) is 2.95. The van der Waals surface area contributed by atoms with Crippen molar-refractivity contribution in [2.24, 2.45) is 17.6 Å². The molecule has 1 aliphatic rings. The van der Waals surface area contributed by atoms with E-state index in [1.165, 1.54) is 0 Å². The van der Waals surface area contributed by atoms with Crippen LogP contribution in [0, 0.1) is 23.7 Å². The topological polar surface area (TPSA) is 68.0 Å². The molecule has 1 aliphatic carbocycles. The average Bonchev–Trinajstić information content (AvgIpc) is 2.48. The van der Waals surface area contributed by atoms with Crippen LogP contribution in [0.3, 0.4) is 0 Å². The first-order chi connectivity index (χ1) is 10.1. The number of hydrogen-bond donors (Lipinski definition) is 2. The lowest BCUT2D eigenvalue weighted by molar-refractivity contribution is 0.0894. The van der Waals surface area contributed by atoms with Gasteiger partial charge in [0.1, 0.15) is 5.69 Å². The zero-order valence-electron chi connectivity index (χ0n) is 12.7. The van der Waals surface area contributed by atoms with E-state index < -0.39 is 0 Å². The van der Waals surface area contributed by atoms with E-state index in [0.29, 0.717) is 17.2 Å². The van der Waals surface area contributed by atoms with Crippen LogP contribution in [0.4, 0.5) is 0 Å². The highest BCUT2D eigenvalue weighted by atomic mass is 16.1. The predicted molar refractivity (Wildman–Crippen MR) is 83.6 cm³/mol. The highest BCUT2D eigenvalue weighted by Gasteiger charge is 2.27. The molecule has 3 unspecified atom stereocenters. The Hall–Kier alpha value is -1.86. The monoisotopic (exact) mass is 285 g/mol. The summed E-state index contributed by atoms with van der Waals surface area (Å²) < 4.78 is 0. The van der Waals surface area contributed by atoms with E-state index in [4.69, 9.17) is 5.73 Å². The number of pyridine rings is 1. The quantitative estimate of drug-likeness (QED) is 0.816. The van der Waals surface area contributed by atoms with Gasteiger partial charge in [-0.05, 0) is 43.2 Å². The SMILES string of the molecule is CC1CCC(NC(=O)c2ncccc2C#CCN)C(C)C1. The van der Waals surface area contributed by atoms with Crippen LogP contribution in [0.5, 0.6) is 0 Å². The highest BCUT2D eigenvalue weighted by Crippen LogP contribution is 2.28. The molecule has 1 aromatic heterocycles. The van der Waals surface area contributed by atoms with Crippen molar-refractivity contribution in [1.82, 2.24) is 10.3 Å². The lowest BCUT2D eigenvalue weighted by Gasteiger charge is -2.33. The largest absolute Gasteiger partial charge is 0.348 e. The molecule has 1 aromatic rings. The van der Waals surface area contributed by atoms with Crippen LogP contribution in [-0.2, 0) is 0 Å². The predicted octanol–water partition coefficient (Wildman–Crippen LogP) is 1.95. The minimum Gasteiger partial charge on any atom is -0.348 e. The molecule has 4 heteroatoms. The summed E-state index contributed by atoms with van der Waals surface area (Å²) in [6.45, 7) is 4.75. The first-order valence-electron chi connectivity index (χ1n) is 7.56. The summed E-state index contributed by atoms with van der Waals surface area (Å²) in [5.74, 6) is 6.80. The summed E-state index contributed by atoms with van der Waals surface area (Å²) in [6.07, 6.45) is 4.98. The van der Waals surface area contributed by atoms with Gasteiger partial charge in [0, 0.05) is 12.2 Å². The van der Waals surface area contributed by atoms with Gasteiger partial charge in [-0.15, -0.1) is 0 Å². The van der Waals surface area contributed by atoms with Gasteiger partial charge in [-0.25, -0.2) is 4.98 Å². The molecular weight excluding hydrogens is 262 g/mol. The molecule has 21 heavy (non-hydrogen) atoms. The maximum absolute atomic E-state index is 12.5. The molecule has 1 amide bonds. The molecule has 0 radical (unpaired) electrons. The molecule has 1 heterocycles. The Balaban J connectivity index is 2.10. The Morgan fingerprint density at radius 2 is 2.29 bits per heavy atom. The number of rotatable bonds is 2. The molecule has 0 spiro atoms. The Morgan fingerprint density at radius 3 is 3.00 bits per heavy atom. The van der Waals surface area contributed by atoms with E-state index in [9.17, 15) is 4.79 Å². The maximum Gasteiger partial charge on any atom is 0.271 e. The van der Waals surface area contributed by atoms with Crippen molar-refractivity contribution >= 4 is 5.91 Å². The third-order valence-corrected chi connectivity index (χ3v) is 4.10. The standard InChI is InChI=1S/C17H23N3O/c1-12-7-8-15(13(2)11-12)20-17(21)16-14(5-3-9-18)6-4-10-19-16/h4,6,10,12-13,15H,7-9,11,18H2,1-2H3,(H,20,21). The number of nitrogens with zero attached hydrogens (tertiary/aromatic N) is 1. The number of hydrogen-bond acceptors (Lipinski definition) is 3. The van der Waals surface area contributed by atoms with E-state index in [-0.39, 0.29) is 18.5 Å². The number of carbonyl (C=O) groups is 1. The van der Waals surface area contributed by atoms with Gasteiger partial charge in [-0.1, -0.05) is 25.7 Å². The maximum atomic E-state index is 12.5. The number of aromatic nitrogens is 1. The van der Waals surface area contributed by atoms with Crippen molar-refractivity contribution in [3.63, 3.8) is 0 Å². The van der Waals surface area contributed by atoms with Gasteiger partial charge in [0.25, 0.3) is 5.91 Å². The molecule has 0 saturated heterocycles. The van der Waals surface area contributed by atoms with Crippen molar-refractivity contribution in [3.05, 3.63) is 29.6 Å². The van der Waals surface area contributed by atoms with Crippen LogP contribution in [0.15, 0.2) is 18.3 Å². The third-order valence-electron chi connectivity index (χ3n) is 4.10. The second-order valence-electron chi connectivity index (χ2n) is 5.88. The lowest BCUT2D eigenvalue weighted by Crippen LogP contribution is -2.42. The van der Waals surface area contributed by atoms with Crippen LogP contribution in [0.25, 0.3) is 0 Å². The molecule has 3 atom stereocenters. The lowest BCUT2D eigenvalue weighted by atomic mass is 9.80. The molecule has 2 rings (SSSR count). The molecule has 0 aromatic carbocycles. The fraction of sp³-hybridized carbons (Fsp3) is 0.529. The van der Waals surface area contributed by atoms with E-state index in [1.807, 2.05) is 0 Å². The van der Waals surface area contributed by atoms with Gasteiger partial charge >= 0.3 is 0 Å². The number of carbonyl (C=O) groups excluding carboxylic acids is 1. The van der Waals surface area contributed by atoms with Crippen molar-refractivity contribution in [3.8, 4) is 11.8 Å². The Kier molecular flexibility index (Phi) is 5.35. The van der Waals surface area contributed by atoms with Crippen LogP contribution in [-0.4, -0.2) is 23.5 Å². The minimum atomic E-state index is -0.136. The molecule has 112 valence electrons. The molecule has 0 bridgehead atoms. The summed E-state index contributed by atoms with van der Waals surface area (Å²) in [5.41, 5.74) is 6.42. The average molecular weight is 285 g/mol. The normalized spacial score (nSPS) is 24.8. The van der Waals surface area contributed by atoms with Crippen molar-refractivity contribution in [1.29, 1.82) is 0 Å². The van der Waals surface area contributed by atoms with Gasteiger partial charge in [-0.3, -0.25) is 4.79 Å². The van der Waals surface area contributed by atoms with Gasteiger partial charge in [0.05, 0.1) is 12.1 Å². The van der Waals surface area contributed by atoms with Gasteiger partial charge in [0.2, 0.25) is 0 Å². The summed E-state index contributed by atoms with van der Waals surface area (Å²) in [5, 5.41) is 3.12. The third kappa shape index (κ3) is 4.05. The molecule has 0 aliphatic heterocycles. The van der Waals surface area contributed by atoms with Crippen LogP contribution < -0.4 is 11.1 Å². The molecule has 3 N–H and O–H groups in total. The van der Waals surface area contributed by atoms with Crippen LogP contribution in [0.1, 0.15) is 49.2 Å². The number of nitrogens with one attached hydrogen (secondary N) is 1. The summed E-state index contributed by atoms with van der Waals surface area (Å²) in [4.78, 5) is 16.6. The Morgan fingerprint density at radius 1 is 1.48 bits per heavy atom. The van der Waals surface area contributed by atoms with E-state index in [0.717, 1.165) is 25.2 Å². The summed E-state index contributed by atoms with van der Waals surface area (Å²) >= 11 is 0. The van der Waals surface area contributed by atoms with E-state index in [2.05, 4.69) is 36.0 Å². The van der Waals surface area contributed by atoms with Crippen LogP contribution in [0.2, 0.25) is 0 Å². The highest BCUT2D eigenvalue weighted by molar-refractivity contribution is 5.94. The zero-order chi connectivity index (χ0) is 15.2. The van der Waals surface area contributed by atoms with Gasteiger partial charge in [0.15, 0.2) is 0 Å². The fourth-order valence-electron chi connectivity index (χ4n) is 2.95. The van der Waals surface area contributed by atoms with Crippen molar-refractivity contribution in [2.45, 2.75) is 39.2 Å². The first kappa shape index (κ1) is 15.5. The Labute approximate surface area is 126 Å². The Bertz CT molecular complexity index is 559. The number of nitrogens with two attached hydrogens (primary N) is 1. The smallest absolute Gasteiger partial charge is 0.271 e. The second-order valence-corrected chi connectivity index (χ2v) is 5.88. The molecule has 1 fully saturated rings. The first-order valence-corrected chi connectivity index (χ1v) is 7.56. The van der Waals surface area contributed by atoms with Gasteiger partial charge < -0.3 is 11.1 Å².